The number of carbonyl (C=O) groups is 2. The van der Waals surface area contributed by atoms with Crippen molar-refractivity contribution >= 4 is 32.9 Å². The summed E-state index contributed by atoms with van der Waals surface area (Å²) in [4.78, 5) is 30.9. The Morgan fingerprint density at radius 3 is 2.40 bits per heavy atom. The number of benzene rings is 1. The fraction of sp³-hybridized carbons (Fsp3) is 0.348. The van der Waals surface area contributed by atoms with Crippen molar-refractivity contribution in [1.29, 1.82) is 0 Å². The number of piperidine rings is 1. The largest absolute Gasteiger partial charge is 0.351 e. The second-order valence-corrected chi connectivity index (χ2v) is 10.3. The molecule has 1 saturated heterocycles. The van der Waals surface area contributed by atoms with Crippen molar-refractivity contribution in [3.05, 3.63) is 59.9 Å². The van der Waals surface area contributed by atoms with Crippen molar-refractivity contribution in [2.24, 2.45) is 0 Å². The van der Waals surface area contributed by atoms with Gasteiger partial charge in [-0.1, -0.05) is 0 Å². The molecule has 2 aromatic heterocycles. The van der Waals surface area contributed by atoms with Gasteiger partial charge < -0.3 is 14.8 Å². The molecule has 2 N–H and O–H groups in total. The van der Waals surface area contributed by atoms with E-state index >= 15 is 0 Å². The standard InChI is InChI=1S/C23H25F2N5O4S/c1-35(33,34)28-10-9-26-21(31)16-2-4-19(5-3-16)30-11-6-17-14-18(15-27-20(17)30)22(32)29-12-7-23(24,25)8-13-29/h2-6,11,14-15,28H,7-10,12-13H2,1H3,(H,26,31). The Bertz CT molecular complexity index is 1350. The van der Waals surface area contributed by atoms with E-state index in [1.807, 2.05) is 4.57 Å². The van der Waals surface area contributed by atoms with E-state index in [1.165, 1.54) is 11.1 Å². The molecule has 0 spiro atoms. The molecule has 12 heteroatoms. The molecule has 9 nitrogen and oxygen atoms in total. The van der Waals surface area contributed by atoms with Crippen molar-refractivity contribution in [3.8, 4) is 5.69 Å². The van der Waals surface area contributed by atoms with Gasteiger partial charge >= 0.3 is 0 Å². The molecule has 1 aromatic carbocycles. The number of carbonyl (C=O) groups excluding carboxylic acids is 2. The lowest BCUT2D eigenvalue weighted by atomic mass is 10.1. The SMILES string of the molecule is CS(=O)(=O)NCCNC(=O)c1ccc(-n2ccc3cc(C(=O)N4CCC(F)(F)CC4)cnc32)cc1. The number of pyridine rings is 1. The van der Waals surface area contributed by atoms with Gasteiger partial charge in [-0.05, 0) is 36.4 Å². The van der Waals surface area contributed by atoms with Gasteiger partial charge in [0.15, 0.2) is 0 Å². The van der Waals surface area contributed by atoms with Crippen LogP contribution in [0.15, 0.2) is 48.8 Å². The zero-order valence-electron chi connectivity index (χ0n) is 19.0. The van der Waals surface area contributed by atoms with E-state index in [-0.39, 0.29) is 50.8 Å². The average Bonchev–Trinajstić information content (AvgIpc) is 3.24. The minimum absolute atomic E-state index is 0.0129. The molecule has 0 atom stereocenters. The van der Waals surface area contributed by atoms with E-state index in [0.717, 1.165) is 17.3 Å². The first-order chi connectivity index (χ1) is 16.5. The number of rotatable bonds is 7. The highest BCUT2D eigenvalue weighted by molar-refractivity contribution is 7.88. The lowest BCUT2D eigenvalue weighted by Gasteiger charge is -2.31. The molecule has 35 heavy (non-hydrogen) atoms. The van der Waals surface area contributed by atoms with Gasteiger partial charge in [-0.3, -0.25) is 9.59 Å². The van der Waals surface area contributed by atoms with Crippen LogP contribution in [0.4, 0.5) is 8.78 Å². The maximum absolute atomic E-state index is 13.4. The van der Waals surface area contributed by atoms with Crippen LogP contribution in [-0.4, -0.2) is 73.0 Å². The lowest BCUT2D eigenvalue weighted by Crippen LogP contribution is -2.42. The summed E-state index contributed by atoms with van der Waals surface area (Å²) in [6.07, 6.45) is 3.61. The first kappa shape index (κ1) is 24.7. The van der Waals surface area contributed by atoms with Crippen LogP contribution in [0.5, 0.6) is 0 Å². The van der Waals surface area contributed by atoms with Gasteiger partial charge in [0.2, 0.25) is 10.0 Å². The molecule has 186 valence electrons. The number of hydrogen-bond donors (Lipinski definition) is 2. The predicted octanol–water partition coefficient (Wildman–Crippen LogP) is 2.18. The molecular formula is C23H25F2N5O4S. The predicted molar refractivity (Wildman–Crippen MR) is 126 cm³/mol. The minimum atomic E-state index is -3.31. The molecule has 0 bridgehead atoms. The summed E-state index contributed by atoms with van der Waals surface area (Å²) in [5.74, 6) is -3.37. The highest BCUT2D eigenvalue weighted by atomic mass is 32.2. The van der Waals surface area contributed by atoms with Gasteiger partial charge in [0.05, 0.1) is 11.8 Å². The molecule has 0 unspecified atom stereocenters. The third-order valence-electron chi connectivity index (χ3n) is 5.74. The minimum Gasteiger partial charge on any atom is -0.351 e. The number of halogens is 2. The van der Waals surface area contributed by atoms with Crippen LogP contribution in [0, 0.1) is 0 Å². The maximum atomic E-state index is 13.4. The molecule has 0 saturated carbocycles. The number of hydrogen-bond acceptors (Lipinski definition) is 5. The number of likely N-dealkylation sites (tertiary alicyclic amines) is 1. The molecule has 1 fully saturated rings. The Kier molecular flexibility index (Phi) is 6.86. The van der Waals surface area contributed by atoms with Crippen LogP contribution in [-0.2, 0) is 10.0 Å². The summed E-state index contributed by atoms with van der Waals surface area (Å²) >= 11 is 0. The molecule has 3 heterocycles. The smallest absolute Gasteiger partial charge is 0.255 e. The Morgan fingerprint density at radius 1 is 1.06 bits per heavy atom. The van der Waals surface area contributed by atoms with E-state index in [9.17, 15) is 26.8 Å². The zero-order valence-corrected chi connectivity index (χ0v) is 19.8. The van der Waals surface area contributed by atoms with Crippen LogP contribution >= 0.6 is 0 Å². The maximum Gasteiger partial charge on any atom is 0.255 e. The zero-order chi connectivity index (χ0) is 25.2. The molecule has 4 rings (SSSR count). The van der Waals surface area contributed by atoms with Gasteiger partial charge in [-0.25, -0.2) is 26.9 Å². The van der Waals surface area contributed by atoms with Gasteiger partial charge in [0.25, 0.3) is 17.7 Å². The number of alkyl halides is 2. The number of nitrogens with one attached hydrogen (secondary N) is 2. The first-order valence-corrected chi connectivity index (χ1v) is 12.9. The Balaban J connectivity index is 1.43. The number of sulfonamides is 1. The molecule has 0 radical (unpaired) electrons. The highest BCUT2D eigenvalue weighted by Crippen LogP contribution is 2.29. The van der Waals surface area contributed by atoms with E-state index in [2.05, 4.69) is 15.0 Å². The summed E-state index contributed by atoms with van der Waals surface area (Å²) in [5.41, 5.74) is 2.12. The molecule has 1 aliphatic rings. The second kappa shape index (κ2) is 9.70. The van der Waals surface area contributed by atoms with E-state index in [1.54, 1.807) is 42.6 Å². The molecular weight excluding hydrogens is 480 g/mol. The molecule has 3 aromatic rings. The highest BCUT2D eigenvalue weighted by Gasteiger charge is 2.35. The van der Waals surface area contributed by atoms with E-state index in [4.69, 9.17) is 0 Å². The van der Waals surface area contributed by atoms with Crippen LogP contribution in [0.2, 0.25) is 0 Å². The van der Waals surface area contributed by atoms with Gasteiger partial charge in [-0.15, -0.1) is 0 Å². The number of nitrogens with zero attached hydrogens (tertiary/aromatic N) is 3. The number of amides is 2. The average molecular weight is 506 g/mol. The summed E-state index contributed by atoms with van der Waals surface area (Å²) in [6, 6.07) is 10.3. The van der Waals surface area contributed by atoms with Gasteiger partial charge in [0, 0.05) is 68.1 Å². The monoisotopic (exact) mass is 505 g/mol. The fourth-order valence-corrected chi connectivity index (χ4v) is 4.33. The van der Waals surface area contributed by atoms with Crippen LogP contribution in [0.25, 0.3) is 16.7 Å². The summed E-state index contributed by atoms with van der Waals surface area (Å²) in [6.45, 7) is 0.275. The molecule has 2 amide bonds. The van der Waals surface area contributed by atoms with E-state index in [0.29, 0.717) is 16.8 Å². The van der Waals surface area contributed by atoms with Crippen LogP contribution < -0.4 is 10.0 Å². The normalized spacial score (nSPS) is 15.8. The summed E-state index contributed by atoms with van der Waals surface area (Å²) in [7, 11) is -3.31. The first-order valence-electron chi connectivity index (χ1n) is 11.0. The quantitative estimate of drug-likeness (QED) is 0.478. The van der Waals surface area contributed by atoms with Crippen molar-refractivity contribution < 1.29 is 26.8 Å². The topological polar surface area (TPSA) is 113 Å². The third-order valence-corrected chi connectivity index (χ3v) is 6.47. The summed E-state index contributed by atoms with van der Waals surface area (Å²) in [5, 5.41) is 3.36. The molecule has 1 aliphatic heterocycles. The number of fused-ring (bicyclic) bond motifs is 1. The van der Waals surface area contributed by atoms with E-state index < -0.39 is 15.9 Å². The third kappa shape index (κ3) is 6.01. The number of aromatic nitrogens is 2. The Morgan fingerprint density at radius 2 is 1.74 bits per heavy atom. The second-order valence-electron chi connectivity index (χ2n) is 8.44. The Hall–Kier alpha value is -3.38. The van der Waals surface area contributed by atoms with Crippen LogP contribution in [0.3, 0.4) is 0 Å². The fourth-order valence-electron chi connectivity index (χ4n) is 3.86. The van der Waals surface area contributed by atoms with Crippen molar-refractivity contribution in [1.82, 2.24) is 24.5 Å². The van der Waals surface area contributed by atoms with Gasteiger partial charge in [-0.2, -0.15) is 0 Å². The summed E-state index contributed by atoms with van der Waals surface area (Å²) < 4.78 is 53.0. The Labute approximate surface area is 201 Å². The van der Waals surface area contributed by atoms with Crippen LogP contribution in [0.1, 0.15) is 33.6 Å². The lowest BCUT2D eigenvalue weighted by molar-refractivity contribution is -0.0494. The van der Waals surface area contributed by atoms with Crippen molar-refractivity contribution in [2.45, 2.75) is 18.8 Å². The van der Waals surface area contributed by atoms with Gasteiger partial charge in [0.1, 0.15) is 5.65 Å². The molecule has 0 aliphatic carbocycles. The van der Waals surface area contributed by atoms with Crippen molar-refractivity contribution in [3.63, 3.8) is 0 Å². The van der Waals surface area contributed by atoms with Crippen molar-refractivity contribution in [2.75, 3.05) is 32.4 Å².